The molecule has 6 nitrogen and oxygen atoms in total. The summed E-state index contributed by atoms with van der Waals surface area (Å²) in [4.78, 5) is 24.5. The average Bonchev–Trinajstić information content (AvgIpc) is 3.16. The number of aromatic nitrogens is 3. The van der Waals surface area contributed by atoms with E-state index in [2.05, 4.69) is 15.5 Å². The standard InChI is InChI=1S/C22H23ClN4O2S/c1-3-27-21(17-9-11-18(23)12-10-17)25-26-22(27)30-14-20(29)24-19(15(2)28)13-16-7-5-4-6-8-16/h4-12,19H,3,13-14H2,1-2H3,(H,24,29). The summed E-state index contributed by atoms with van der Waals surface area (Å²) in [6.07, 6.45) is 0.471. The SMILES string of the molecule is CCn1c(SCC(=O)NC(Cc2ccccc2)C(C)=O)nnc1-c1ccc(Cl)cc1. The Morgan fingerprint density at radius 1 is 1.10 bits per heavy atom. The zero-order chi connectivity index (χ0) is 21.5. The van der Waals surface area contributed by atoms with Crippen LogP contribution in [-0.4, -0.2) is 38.2 Å². The van der Waals surface area contributed by atoms with Gasteiger partial charge in [-0.15, -0.1) is 10.2 Å². The van der Waals surface area contributed by atoms with E-state index in [1.165, 1.54) is 18.7 Å². The van der Waals surface area contributed by atoms with Gasteiger partial charge in [-0.3, -0.25) is 9.59 Å². The number of Topliss-reactive ketones (excluding diaryl/α,β-unsaturated/α-hetero) is 1. The fraction of sp³-hybridized carbons (Fsp3) is 0.273. The Bertz CT molecular complexity index is 1010. The highest BCUT2D eigenvalue weighted by Gasteiger charge is 2.19. The molecule has 3 aromatic rings. The topological polar surface area (TPSA) is 76.9 Å². The van der Waals surface area contributed by atoms with Crippen LogP contribution in [0.5, 0.6) is 0 Å². The molecule has 1 N–H and O–H groups in total. The average molecular weight is 443 g/mol. The van der Waals surface area contributed by atoms with Gasteiger partial charge in [0.15, 0.2) is 16.8 Å². The van der Waals surface area contributed by atoms with E-state index in [-0.39, 0.29) is 17.4 Å². The predicted molar refractivity (Wildman–Crippen MR) is 120 cm³/mol. The summed E-state index contributed by atoms with van der Waals surface area (Å²) in [5.74, 6) is 0.591. The molecule has 1 heterocycles. The molecule has 0 aliphatic carbocycles. The Morgan fingerprint density at radius 2 is 1.80 bits per heavy atom. The zero-order valence-corrected chi connectivity index (χ0v) is 18.4. The highest BCUT2D eigenvalue weighted by Crippen LogP contribution is 2.25. The van der Waals surface area contributed by atoms with E-state index in [0.29, 0.717) is 23.1 Å². The quantitative estimate of drug-likeness (QED) is 0.506. The van der Waals surface area contributed by atoms with Gasteiger partial charge in [-0.1, -0.05) is 53.7 Å². The van der Waals surface area contributed by atoms with Crippen LogP contribution in [0.25, 0.3) is 11.4 Å². The number of rotatable bonds is 9. The van der Waals surface area contributed by atoms with Gasteiger partial charge in [-0.25, -0.2) is 0 Å². The molecule has 0 fully saturated rings. The van der Waals surface area contributed by atoms with Gasteiger partial charge in [0, 0.05) is 17.1 Å². The number of hydrogen-bond donors (Lipinski definition) is 1. The second-order valence-corrected chi connectivity index (χ2v) is 8.15. The molecule has 0 saturated carbocycles. The van der Waals surface area contributed by atoms with E-state index in [0.717, 1.165) is 17.0 Å². The van der Waals surface area contributed by atoms with Crippen molar-refractivity contribution in [2.45, 2.75) is 38.0 Å². The molecule has 0 aliphatic heterocycles. The Kier molecular flexibility index (Phi) is 7.65. The number of carbonyl (C=O) groups excluding carboxylic acids is 2. The van der Waals surface area contributed by atoms with Crippen molar-refractivity contribution in [1.82, 2.24) is 20.1 Å². The molecule has 156 valence electrons. The van der Waals surface area contributed by atoms with Gasteiger partial charge in [0.2, 0.25) is 5.91 Å². The zero-order valence-electron chi connectivity index (χ0n) is 16.8. The number of thioether (sulfide) groups is 1. The molecule has 1 aromatic heterocycles. The summed E-state index contributed by atoms with van der Waals surface area (Å²) in [6, 6.07) is 16.5. The molecule has 1 amide bonds. The minimum atomic E-state index is -0.547. The van der Waals surface area contributed by atoms with Crippen LogP contribution >= 0.6 is 23.4 Å². The largest absolute Gasteiger partial charge is 0.345 e. The third-order valence-corrected chi connectivity index (χ3v) is 5.80. The van der Waals surface area contributed by atoms with Gasteiger partial charge in [0.05, 0.1) is 11.8 Å². The molecule has 30 heavy (non-hydrogen) atoms. The van der Waals surface area contributed by atoms with Crippen molar-refractivity contribution in [3.8, 4) is 11.4 Å². The van der Waals surface area contributed by atoms with Crippen molar-refractivity contribution in [2.24, 2.45) is 0 Å². The number of hydrogen-bond acceptors (Lipinski definition) is 5. The molecule has 8 heteroatoms. The van der Waals surface area contributed by atoms with Crippen molar-refractivity contribution in [3.63, 3.8) is 0 Å². The maximum Gasteiger partial charge on any atom is 0.231 e. The minimum Gasteiger partial charge on any atom is -0.345 e. The first-order chi connectivity index (χ1) is 14.5. The molecule has 0 aliphatic rings. The number of halogens is 1. The normalized spacial score (nSPS) is 11.8. The molecular weight excluding hydrogens is 420 g/mol. The Morgan fingerprint density at radius 3 is 2.43 bits per heavy atom. The monoisotopic (exact) mass is 442 g/mol. The molecule has 0 spiro atoms. The van der Waals surface area contributed by atoms with Crippen LogP contribution in [-0.2, 0) is 22.6 Å². The van der Waals surface area contributed by atoms with Gasteiger partial charge >= 0.3 is 0 Å². The molecule has 0 saturated heterocycles. The number of nitrogens with zero attached hydrogens (tertiary/aromatic N) is 3. The summed E-state index contributed by atoms with van der Waals surface area (Å²) in [5, 5.41) is 12.7. The summed E-state index contributed by atoms with van der Waals surface area (Å²) < 4.78 is 1.95. The van der Waals surface area contributed by atoms with E-state index >= 15 is 0 Å². The minimum absolute atomic E-state index is 0.0704. The fourth-order valence-electron chi connectivity index (χ4n) is 3.01. The summed E-state index contributed by atoms with van der Waals surface area (Å²) >= 11 is 7.26. The highest BCUT2D eigenvalue weighted by molar-refractivity contribution is 7.99. The first-order valence-electron chi connectivity index (χ1n) is 9.63. The van der Waals surface area contributed by atoms with Crippen molar-refractivity contribution >= 4 is 35.1 Å². The van der Waals surface area contributed by atoms with Crippen LogP contribution in [0.2, 0.25) is 5.02 Å². The van der Waals surface area contributed by atoms with E-state index in [1.807, 2.05) is 54.0 Å². The molecular formula is C22H23ClN4O2S. The molecule has 3 rings (SSSR count). The van der Waals surface area contributed by atoms with Crippen LogP contribution < -0.4 is 5.32 Å². The van der Waals surface area contributed by atoms with Gasteiger partial charge < -0.3 is 9.88 Å². The third-order valence-electron chi connectivity index (χ3n) is 4.58. The van der Waals surface area contributed by atoms with Gasteiger partial charge in [0.25, 0.3) is 0 Å². The number of amides is 1. The lowest BCUT2D eigenvalue weighted by molar-refractivity contribution is -0.125. The summed E-state index contributed by atoms with van der Waals surface area (Å²) in [6.45, 7) is 4.16. The van der Waals surface area contributed by atoms with Crippen LogP contribution in [0.4, 0.5) is 0 Å². The summed E-state index contributed by atoms with van der Waals surface area (Å²) in [5.41, 5.74) is 1.91. The Balaban J connectivity index is 1.63. The molecule has 0 bridgehead atoms. The van der Waals surface area contributed by atoms with Crippen LogP contribution in [0, 0.1) is 0 Å². The second kappa shape index (κ2) is 10.4. The lowest BCUT2D eigenvalue weighted by atomic mass is 10.0. The van der Waals surface area contributed by atoms with Crippen LogP contribution in [0.15, 0.2) is 59.8 Å². The second-order valence-electron chi connectivity index (χ2n) is 6.77. The molecule has 2 aromatic carbocycles. The number of nitrogens with one attached hydrogen (secondary N) is 1. The Labute approximate surface area is 185 Å². The first kappa shape index (κ1) is 22.1. The smallest absolute Gasteiger partial charge is 0.231 e. The fourth-order valence-corrected chi connectivity index (χ4v) is 3.94. The Hall–Kier alpha value is -2.64. The van der Waals surface area contributed by atoms with Crippen molar-refractivity contribution in [1.29, 1.82) is 0 Å². The molecule has 0 radical (unpaired) electrons. The molecule has 1 unspecified atom stereocenters. The van der Waals surface area contributed by atoms with E-state index < -0.39 is 6.04 Å². The van der Waals surface area contributed by atoms with Gasteiger partial charge in [-0.2, -0.15) is 0 Å². The first-order valence-corrected chi connectivity index (χ1v) is 11.0. The summed E-state index contributed by atoms with van der Waals surface area (Å²) in [7, 11) is 0. The number of benzene rings is 2. The number of ketones is 1. The van der Waals surface area contributed by atoms with Crippen molar-refractivity contribution < 1.29 is 9.59 Å². The molecule has 1 atom stereocenters. The van der Waals surface area contributed by atoms with Gasteiger partial charge in [0.1, 0.15) is 0 Å². The predicted octanol–water partition coefficient (Wildman–Crippen LogP) is 4.03. The lowest BCUT2D eigenvalue weighted by Gasteiger charge is -2.16. The van der Waals surface area contributed by atoms with Crippen LogP contribution in [0.1, 0.15) is 19.4 Å². The van der Waals surface area contributed by atoms with Crippen molar-refractivity contribution in [2.75, 3.05) is 5.75 Å². The van der Waals surface area contributed by atoms with Gasteiger partial charge in [-0.05, 0) is 50.1 Å². The van der Waals surface area contributed by atoms with Crippen molar-refractivity contribution in [3.05, 3.63) is 65.2 Å². The van der Waals surface area contributed by atoms with Crippen LogP contribution in [0.3, 0.4) is 0 Å². The third kappa shape index (κ3) is 5.70. The highest BCUT2D eigenvalue weighted by atomic mass is 35.5. The van der Waals surface area contributed by atoms with E-state index in [1.54, 1.807) is 12.1 Å². The van der Waals surface area contributed by atoms with E-state index in [4.69, 9.17) is 11.6 Å². The van der Waals surface area contributed by atoms with E-state index in [9.17, 15) is 9.59 Å². The lowest BCUT2D eigenvalue weighted by Crippen LogP contribution is -2.42. The number of carbonyl (C=O) groups is 2. The maximum atomic E-state index is 12.5. The maximum absolute atomic E-state index is 12.5.